The van der Waals surface area contributed by atoms with Gasteiger partial charge in [0.15, 0.2) is 0 Å². The lowest BCUT2D eigenvalue weighted by Gasteiger charge is -2.20. The van der Waals surface area contributed by atoms with Gasteiger partial charge in [-0.15, -0.1) is 0 Å². The molecule has 0 aromatic heterocycles. The Morgan fingerprint density at radius 1 is 1.13 bits per heavy atom. The Morgan fingerprint density at radius 2 is 1.74 bits per heavy atom. The van der Waals surface area contributed by atoms with Crippen molar-refractivity contribution >= 4 is 21.8 Å². The minimum Gasteiger partial charge on any atom is -0.508 e. The zero-order valence-electron chi connectivity index (χ0n) is 12.4. The molecule has 0 radical (unpaired) electrons. The van der Waals surface area contributed by atoms with Crippen molar-refractivity contribution in [2.24, 2.45) is 0 Å². The first-order valence-electron chi connectivity index (χ1n) is 6.49. The summed E-state index contributed by atoms with van der Waals surface area (Å²) in [7, 11) is -2.95. The first-order chi connectivity index (χ1) is 10.8. The van der Waals surface area contributed by atoms with Crippen molar-refractivity contribution in [1.82, 2.24) is 0 Å². The van der Waals surface area contributed by atoms with E-state index in [0.29, 0.717) is 11.3 Å². The van der Waals surface area contributed by atoms with Gasteiger partial charge in [0, 0.05) is 6.07 Å². The summed E-state index contributed by atoms with van der Waals surface area (Å²) < 4.78 is 30.6. The third kappa shape index (κ3) is 3.21. The maximum absolute atomic E-state index is 12.7. The smallest absolute Gasteiger partial charge is 0.426 e. The second kappa shape index (κ2) is 6.17. The number of nitrogens with zero attached hydrogens (tertiary/aromatic N) is 1. The molecule has 2 aromatic carbocycles. The van der Waals surface area contributed by atoms with Crippen molar-refractivity contribution < 1.29 is 28.2 Å². The molecule has 0 bridgehead atoms. The number of phenols is 1. The van der Waals surface area contributed by atoms with Gasteiger partial charge in [0.2, 0.25) is 0 Å². The van der Waals surface area contributed by atoms with Crippen LogP contribution in [0.4, 0.5) is 10.5 Å². The highest BCUT2D eigenvalue weighted by Gasteiger charge is 2.32. The SMILES string of the molecule is COc1ccc(N(C(=O)O)S(=O)(=O)c2cc(O)ccc2C)cc1. The van der Waals surface area contributed by atoms with Crippen molar-refractivity contribution in [3.8, 4) is 11.5 Å². The fraction of sp³-hybridized carbons (Fsp3) is 0.133. The predicted octanol–water partition coefficient (Wildman–Crippen LogP) is 2.58. The number of carbonyl (C=O) groups is 1. The van der Waals surface area contributed by atoms with Crippen LogP contribution in [-0.4, -0.2) is 31.8 Å². The largest absolute Gasteiger partial charge is 0.508 e. The number of benzene rings is 2. The number of sulfonamides is 1. The number of anilines is 1. The second-order valence-electron chi connectivity index (χ2n) is 4.70. The molecule has 0 aliphatic heterocycles. The maximum atomic E-state index is 12.7. The molecule has 0 spiro atoms. The number of phenolic OH excluding ortho intramolecular Hbond substituents is 1. The number of hydrogen-bond acceptors (Lipinski definition) is 5. The van der Waals surface area contributed by atoms with E-state index >= 15 is 0 Å². The first kappa shape index (κ1) is 16.6. The van der Waals surface area contributed by atoms with Crippen LogP contribution in [0.1, 0.15) is 5.56 Å². The van der Waals surface area contributed by atoms with Crippen LogP contribution in [0, 0.1) is 6.92 Å². The zero-order valence-corrected chi connectivity index (χ0v) is 13.2. The zero-order chi connectivity index (χ0) is 17.2. The molecule has 2 aromatic rings. The summed E-state index contributed by atoms with van der Waals surface area (Å²) in [5.41, 5.74) is 0.267. The molecule has 1 amide bonds. The van der Waals surface area contributed by atoms with Crippen LogP contribution in [0.3, 0.4) is 0 Å². The highest BCUT2D eigenvalue weighted by atomic mass is 32.2. The van der Waals surface area contributed by atoms with Gasteiger partial charge >= 0.3 is 6.09 Å². The van der Waals surface area contributed by atoms with Gasteiger partial charge in [0.1, 0.15) is 11.5 Å². The van der Waals surface area contributed by atoms with E-state index in [4.69, 9.17) is 4.74 Å². The number of aromatic hydroxyl groups is 1. The molecule has 0 aliphatic rings. The maximum Gasteiger partial charge on any atom is 0.426 e. The summed E-state index contributed by atoms with van der Waals surface area (Å²) >= 11 is 0. The van der Waals surface area contributed by atoms with E-state index < -0.39 is 16.1 Å². The molecule has 2 N–H and O–H groups in total. The lowest BCUT2D eigenvalue weighted by molar-refractivity contribution is 0.206. The monoisotopic (exact) mass is 337 g/mol. The van der Waals surface area contributed by atoms with Gasteiger partial charge in [-0.3, -0.25) is 0 Å². The Balaban J connectivity index is 2.59. The van der Waals surface area contributed by atoms with Crippen molar-refractivity contribution in [1.29, 1.82) is 0 Å². The molecule has 23 heavy (non-hydrogen) atoms. The minimum atomic E-state index is -4.39. The van der Waals surface area contributed by atoms with Gasteiger partial charge in [-0.05, 0) is 42.8 Å². The van der Waals surface area contributed by atoms with Crippen LogP contribution in [0.5, 0.6) is 11.5 Å². The quantitative estimate of drug-likeness (QED) is 0.888. The van der Waals surface area contributed by atoms with Gasteiger partial charge in [-0.25, -0.2) is 13.2 Å². The Labute approximate surface area is 133 Å². The fourth-order valence-corrected chi connectivity index (χ4v) is 3.58. The molecule has 7 nitrogen and oxygen atoms in total. The lowest BCUT2D eigenvalue weighted by atomic mass is 10.2. The van der Waals surface area contributed by atoms with Crippen LogP contribution in [0.25, 0.3) is 0 Å². The molecule has 8 heteroatoms. The van der Waals surface area contributed by atoms with E-state index in [1.807, 2.05) is 0 Å². The number of hydrogen-bond donors (Lipinski definition) is 2. The molecule has 0 fully saturated rings. The van der Waals surface area contributed by atoms with Crippen molar-refractivity contribution in [2.75, 3.05) is 11.4 Å². The van der Waals surface area contributed by atoms with Gasteiger partial charge in [0.05, 0.1) is 17.7 Å². The summed E-state index contributed by atoms with van der Waals surface area (Å²) in [5, 5.41) is 18.9. The third-order valence-electron chi connectivity index (χ3n) is 3.17. The van der Waals surface area contributed by atoms with E-state index in [1.165, 1.54) is 50.4 Å². The standard InChI is InChI=1S/C15H15NO6S/c1-10-3-6-12(17)9-14(10)23(20,21)16(15(18)19)11-4-7-13(22-2)8-5-11/h3-9,17H,1-2H3,(H,18,19). The van der Waals surface area contributed by atoms with E-state index in [2.05, 4.69) is 0 Å². The molecule has 0 atom stereocenters. The van der Waals surface area contributed by atoms with Gasteiger partial charge in [-0.1, -0.05) is 6.07 Å². The first-order valence-corrected chi connectivity index (χ1v) is 7.93. The Morgan fingerprint density at radius 3 is 2.26 bits per heavy atom. The number of aryl methyl sites for hydroxylation is 1. The Bertz CT molecular complexity index is 830. The predicted molar refractivity (Wildman–Crippen MR) is 83.5 cm³/mol. The van der Waals surface area contributed by atoms with Crippen LogP contribution >= 0.6 is 0 Å². The van der Waals surface area contributed by atoms with Crippen LogP contribution < -0.4 is 9.04 Å². The molecule has 122 valence electrons. The summed E-state index contributed by atoms with van der Waals surface area (Å²) in [5.74, 6) is 0.194. The molecule has 0 heterocycles. The third-order valence-corrected chi connectivity index (χ3v) is 5.01. The number of amides is 1. The van der Waals surface area contributed by atoms with Crippen LogP contribution in [0.2, 0.25) is 0 Å². The number of rotatable bonds is 4. The highest BCUT2D eigenvalue weighted by molar-refractivity contribution is 7.93. The lowest BCUT2D eigenvalue weighted by Crippen LogP contribution is -2.36. The molecule has 0 aliphatic carbocycles. The van der Waals surface area contributed by atoms with E-state index in [1.54, 1.807) is 0 Å². The average molecular weight is 337 g/mol. The van der Waals surface area contributed by atoms with E-state index in [0.717, 1.165) is 6.07 Å². The Hall–Kier alpha value is -2.74. The van der Waals surface area contributed by atoms with Gasteiger partial charge in [-0.2, -0.15) is 4.31 Å². The van der Waals surface area contributed by atoms with E-state index in [-0.39, 0.29) is 20.6 Å². The summed E-state index contributed by atoms with van der Waals surface area (Å²) in [6.07, 6.45) is -1.65. The van der Waals surface area contributed by atoms with E-state index in [9.17, 15) is 23.4 Å². The molecule has 0 unspecified atom stereocenters. The molecular formula is C15H15NO6S. The summed E-state index contributed by atoms with van der Waals surface area (Å²) in [6, 6.07) is 9.30. The van der Waals surface area contributed by atoms with Crippen molar-refractivity contribution in [2.45, 2.75) is 11.8 Å². The molecule has 2 rings (SSSR count). The molecule has 0 saturated heterocycles. The summed E-state index contributed by atoms with van der Waals surface area (Å²) in [4.78, 5) is 11.2. The summed E-state index contributed by atoms with van der Waals surface area (Å²) in [6.45, 7) is 1.51. The second-order valence-corrected chi connectivity index (χ2v) is 6.45. The normalized spacial score (nSPS) is 11.0. The topological polar surface area (TPSA) is 104 Å². The number of methoxy groups -OCH3 is 1. The average Bonchev–Trinajstić information content (AvgIpc) is 2.49. The van der Waals surface area contributed by atoms with Crippen LogP contribution in [-0.2, 0) is 10.0 Å². The fourth-order valence-electron chi connectivity index (χ4n) is 2.03. The van der Waals surface area contributed by atoms with Crippen molar-refractivity contribution in [3.63, 3.8) is 0 Å². The van der Waals surface area contributed by atoms with Gasteiger partial charge in [0.25, 0.3) is 10.0 Å². The highest BCUT2D eigenvalue weighted by Crippen LogP contribution is 2.29. The van der Waals surface area contributed by atoms with Crippen molar-refractivity contribution in [3.05, 3.63) is 48.0 Å². The molecule has 0 saturated carbocycles. The number of carboxylic acid groups (broad SMARTS) is 1. The minimum absolute atomic E-state index is 0.0546. The molecular weight excluding hydrogens is 322 g/mol. The number of ether oxygens (including phenoxy) is 1. The van der Waals surface area contributed by atoms with Crippen LogP contribution in [0.15, 0.2) is 47.4 Å². The van der Waals surface area contributed by atoms with Gasteiger partial charge < -0.3 is 14.9 Å². The Kier molecular flexibility index (Phi) is 4.46.